The van der Waals surface area contributed by atoms with E-state index in [0.717, 1.165) is 28.1 Å². The van der Waals surface area contributed by atoms with Crippen molar-refractivity contribution in [2.75, 3.05) is 0 Å². The lowest BCUT2D eigenvalue weighted by atomic mass is 9.97. The first-order chi connectivity index (χ1) is 16.3. The van der Waals surface area contributed by atoms with Crippen LogP contribution < -0.4 is 0 Å². The van der Waals surface area contributed by atoms with Crippen LogP contribution in [0.15, 0.2) is 115 Å². The molecule has 2 aromatic heterocycles. The van der Waals surface area contributed by atoms with Gasteiger partial charge in [0.1, 0.15) is 11.8 Å². The van der Waals surface area contributed by atoms with Crippen molar-refractivity contribution in [2.24, 2.45) is 0 Å². The first-order valence-corrected chi connectivity index (χ1v) is 10.9. The second-order valence-corrected chi connectivity index (χ2v) is 7.99. The Morgan fingerprint density at radius 2 is 1.24 bits per heavy atom. The standard InChI is InChI=1S/C30H19N3/c31-20-22-10-8-16-28(32-22)25-13-2-1-12-24(25)21-9-7-11-23(19-21)33-29-17-5-3-14-26(29)27-15-4-6-18-30(27)33/h1-19H. The predicted molar refractivity (Wildman–Crippen MR) is 134 cm³/mol. The molecule has 2 heterocycles. The van der Waals surface area contributed by atoms with Gasteiger partial charge in [-0.05, 0) is 47.5 Å². The summed E-state index contributed by atoms with van der Waals surface area (Å²) in [6, 6.07) is 41.6. The molecule has 0 saturated carbocycles. The number of pyridine rings is 1. The van der Waals surface area contributed by atoms with Gasteiger partial charge in [-0.15, -0.1) is 0 Å². The summed E-state index contributed by atoms with van der Waals surface area (Å²) in [5.41, 5.74) is 7.90. The number of nitrogens with zero attached hydrogens (tertiary/aromatic N) is 3. The van der Waals surface area contributed by atoms with Crippen LogP contribution in [-0.4, -0.2) is 9.55 Å². The largest absolute Gasteiger partial charge is 0.309 e. The van der Waals surface area contributed by atoms with E-state index in [1.165, 1.54) is 21.8 Å². The number of rotatable bonds is 3. The van der Waals surface area contributed by atoms with Gasteiger partial charge in [0.2, 0.25) is 0 Å². The zero-order valence-corrected chi connectivity index (χ0v) is 17.8. The van der Waals surface area contributed by atoms with Gasteiger partial charge >= 0.3 is 0 Å². The number of benzene rings is 4. The second kappa shape index (κ2) is 7.78. The third-order valence-corrected chi connectivity index (χ3v) is 6.06. The van der Waals surface area contributed by atoms with Crippen molar-refractivity contribution in [2.45, 2.75) is 0 Å². The molecule has 0 spiro atoms. The summed E-state index contributed by atoms with van der Waals surface area (Å²) >= 11 is 0. The molecule has 0 N–H and O–H groups in total. The molecule has 0 bridgehead atoms. The zero-order valence-electron chi connectivity index (χ0n) is 17.8. The summed E-state index contributed by atoms with van der Waals surface area (Å²) in [5, 5.41) is 11.8. The molecule has 0 aliphatic heterocycles. The van der Waals surface area contributed by atoms with Gasteiger partial charge in [0.25, 0.3) is 0 Å². The Bertz CT molecular complexity index is 1630. The smallest absolute Gasteiger partial charge is 0.141 e. The van der Waals surface area contributed by atoms with Crippen LogP contribution in [0.1, 0.15) is 5.69 Å². The molecule has 0 radical (unpaired) electrons. The normalized spacial score (nSPS) is 11.0. The van der Waals surface area contributed by atoms with E-state index in [1.807, 2.05) is 24.3 Å². The Morgan fingerprint density at radius 3 is 1.97 bits per heavy atom. The third kappa shape index (κ3) is 3.17. The van der Waals surface area contributed by atoms with Crippen molar-refractivity contribution >= 4 is 21.8 Å². The molecule has 0 aliphatic carbocycles. The summed E-state index contributed by atoms with van der Waals surface area (Å²) < 4.78 is 2.32. The molecule has 0 atom stereocenters. The average molecular weight is 422 g/mol. The molecule has 0 fully saturated rings. The van der Waals surface area contributed by atoms with E-state index < -0.39 is 0 Å². The van der Waals surface area contributed by atoms with E-state index in [-0.39, 0.29) is 0 Å². The number of nitriles is 1. The number of fused-ring (bicyclic) bond motifs is 3. The molecule has 0 amide bonds. The highest BCUT2D eigenvalue weighted by Gasteiger charge is 2.13. The maximum Gasteiger partial charge on any atom is 0.141 e. The Kier molecular flexibility index (Phi) is 4.49. The lowest BCUT2D eigenvalue weighted by Crippen LogP contribution is -1.95. The number of hydrogen-bond donors (Lipinski definition) is 0. The van der Waals surface area contributed by atoms with E-state index in [4.69, 9.17) is 0 Å². The van der Waals surface area contributed by atoms with Crippen molar-refractivity contribution in [1.82, 2.24) is 9.55 Å². The number of hydrogen-bond acceptors (Lipinski definition) is 2. The van der Waals surface area contributed by atoms with E-state index in [2.05, 4.69) is 101 Å². The van der Waals surface area contributed by atoms with Gasteiger partial charge in [-0.3, -0.25) is 0 Å². The van der Waals surface area contributed by atoms with Crippen molar-refractivity contribution in [3.63, 3.8) is 0 Å². The van der Waals surface area contributed by atoms with Crippen LogP contribution in [0, 0.1) is 11.3 Å². The SMILES string of the molecule is N#Cc1cccc(-c2ccccc2-c2cccc(-n3c4ccccc4c4ccccc43)c2)n1. The monoisotopic (exact) mass is 421 g/mol. The molecule has 3 heteroatoms. The van der Waals surface area contributed by atoms with Crippen molar-refractivity contribution < 1.29 is 0 Å². The van der Waals surface area contributed by atoms with Crippen molar-refractivity contribution in [3.8, 4) is 34.1 Å². The molecular formula is C30H19N3. The second-order valence-electron chi connectivity index (χ2n) is 7.99. The van der Waals surface area contributed by atoms with E-state index in [0.29, 0.717) is 5.69 Å². The van der Waals surface area contributed by atoms with Crippen LogP contribution >= 0.6 is 0 Å². The first kappa shape index (κ1) is 19.0. The lowest BCUT2D eigenvalue weighted by molar-refractivity contribution is 1.18. The predicted octanol–water partition coefficient (Wildman–Crippen LogP) is 7.38. The molecule has 6 aromatic rings. The summed E-state index contributed by atoms with van der Waals surface area (Å²) in [5.74, 6) is 0. The molecule has 33 heavy (non-hydrogen) atoms. The van der Waals surface area contributed by atoms with Crippen molar-refractivity contribution in [1.29, 1.82) is 5.26 Å². The highest BCUT2D eigenvalue weighted by molar-refractivity contribution is 6.09. The molecule has 0 unspecified atom stereocenters. The van der Waals surface area contributed by atoms with Gasteiger partial charge in [0.05, 0.1) is 16.7 Å². The lowest BCUT2D eigenvalue weighted by Gasteiger charge is -2.13. The highest BCUT2D eigenvalue weighted by Crippen LogP contribution is 2.35. The van der Waals surface area contributed by atoms with Gasteiger partial charge in [-0.25, -0.2) is 4.98 Å². The summed E-state index contributed by atoms with van der Waals surface area (Å²) in [4.78, 5) is 4.54. The summed E-state index contributed by atoms with van der Waals surface area (Å²) in [7, 11) is 0. The Balaban J connectivity index is 1.57. The fourth-order valence-corrected chi connectivity index (χ4v) is 4.62. The molecule has 0 aliphatic rings. The van der Waals surface area contributed by atoms with E-state index >= 15 is 0 Å². The summed E-state index contributed by atoms with van der Waals surface area (Å²) in [6.45, 7) is 0. The molecule has 154 valence electrons. The van der Waals surface area contributed by atoms with Crippen LogP contribution in [0.3, 0.4) is 0 Å². The minimum absolute atomic E-state index is 0.418. The molecule has 0 saturated heterocycles. The molecule has 6 rings (SSSR count). The fraction of sp³-hybridized carbons (Fsp3) is 0. The van der Waals surface area contributed by atoms with Gasteiger partial charge < -0.3 is 4.57 Å². The third-order valence-electron chi connectivity index (χ3n) is 6.06. The van der Waals surface area contributed by atoms with Crippen LogP contribution in [0.4, 0.5) is 0 Å². The fourth-order valence-electron chi connectivity index (χ4n) is 4.62. The van der Waals surface area contributed by atoms with Crippen molar-refractivity contribution in [3.05, 3.63) is 121 Å². The van der Waals surface area contributed by atoms with E-state index in [9.17, 15) is 5.26 Å². The first-order valence-electron chi connectivity index (χ1n) is 10.9. The number of aromatic nitrogens is 2. The average Bonchev–Trinajstić information content (AvgIpc) is 3.23. The van der Waals surface area contributed by atoms with Gasteiger partial charge in [0, 0.05) is 22.0 Å². The minimum Gasteiger partial charge on any atom is -0.309 e. The van der Waals surface area contributed by atoms with Crippen LogP contribution in [0.5, 0.6) is 0 Å². The van der Waals surface area contributed by atoms with Crippen LogP contribution in [0.2, 0.25) is 0 Å². The highest BCUT2D eigenvalue weighted by atomic mass is 15.0. The Labute approximate surface area is 191 Å². The minimum atomic E-state index is 0.418. The van der Waals surface area contributed by atoms with Crippen LogP contribution in [0.25, 0.3) is 49.9 Å². The maximum absolute atomic E-state index is 9.30. The molecular weight excluding hydrogens is 402 g/mol. The van der Waals surface area contributed by atoms with Crippen LogP contribution in [-0.2, 0) is 0 Å². The Hall–Kier alpha value is -4.68. The summed E-state index contributed by atoms with van der Waals surface area (Å²) in [6.07, 6.45) is 0. The van der Waals surface area contributed by atoms with E-state index in [1.54, 1.807) is 6.07 Å². The van der Waals surface area contributed by atoms with Gasteiger partial charge in [0.15, 0.2) is 0 Å². The van der Waals surface area contributed by atoms with Gasteiger partial charge in [-0.2, -0.15) is 5.26 Å². The quantitative estimate of drug-likeness (QED) is 0.299. The van der Waals surface area contributed by atoms with Gasteiger partial charge in [-0.1, -0.05) is 78.9 Å². The Morgan fingerprint density at radius 1 is 0.606 bits per heavy atom. The number of para-hydroxylation sites is 2. The zero-order chi connectivity index (χ0) is 22.2. The maximum atomic E-state index is 9.30. The molecule has 3 nitrogen and oxygen atoms in total. The topological polar surface area (TPSA) is 41.6 Å². The molecule has 4 aromatic carbocycles.